The molecule has 6 nitrogen and oxygen atoms in total. The number of hydrogen-bond acceptors (Lipinski definition) is 6. The van der Waals surface area contributed by atoms with Crippen LogP contribution in [0, 0.1) is 18.3 Å². The van der Waals surface area contributed by atoms with Crippen LogP contribution in [-0.2, 0) is 0 Å². The van der Waals surface area contributed by atoms with Gasteiger partial charge in [0.15, 0.2) is 5.78 Å². The van der Waals surface area contributed by atoms with Crippen LogP contribution in [0.4, 0.5) is 23.1 Å². The minimum Gasteiger partial charge on any atom is -0.340 e. The average molecular weight is 343 g/mol. The zero-order valence-corrected chi connectivity index (χ0v) is 14.4. The van der Waals surface area contributed by atoms with Gasteiger partial charge in [0.1, 0.15) is 5.82 Å². The Morgan fingerprint density at radius 2 is 1.77 bits per heavy atom. The third kappa shape index (κ3) is 4.22. The molecule has 0 bridgehead atoms. The highest BCUT2D eigenvalue weighted by molar-refractivity contribution is 5.94. The van der Waals surface area contributed by atoms with Crippen LogP contribution in [-0.4, -0.2) is 15.8 Å². The molecule has 26 heavy (non-hydrogen) atoms. The van der Waals surface area contributed by atoms with Crippen LogP contribution in [0.2, 0.25) is 0 Å². The summed E-state index contributed by atoms with van der Waals surface area (Å²) in [5.74, 6) is 1.09. The number of hydrogen-bond donors (Lipinski definition) is 2. The summed E-state index contributed by atoms with van der Waals surface area (Å²) < 4.78 is 0. The second-order valence-corrected chi connectivity index (χ2v) is 5.79. The van der Waals surface area contributed by atoms with Crippen molar-refractivity contribution in [3.05, 3.63) is 71.4 Å². The van der Waals surface area contributed by atoms with Crippen molar-refractivity contribution in [2.24, 2.45) is 0 Å². The number of carbonyl (C=O) groups excluding carboxylic acids is 1. The highest BCUT2D eigenvalue weighted by Crippen LogP contribution is 2.20. The Hall–Kier alpha value is -3.72. The molecule has 2 N–H and O–H groups in total. The van der Waals surface area contributed by atoms with Crippen molar-refractivity contribution in [3.63, 3.8) is 0 Å². The van der Waals surface area contributed by atoms with E-state index in [1.54, 1.807) is 24.3 Å². The number of carbonyl (C=O) groups is 1. The number of Topliss-reactive ketones (excluding diaryl/α,β-unsaturated/α-hetero) is 1. The first-order valence-corrected chi connectivity index (χ1v) is 8.04. The summed E-state index contributed by atoms with van der Waals surface area (Å²) in [5.41, 5.74) is 3.59. The van der Waals surface area contributed by atoms with E-state index in [1.165, 1.54) is 6.92 Å². The van der Waals surface area contributed by atoms with Gasteiger partial charge in [0.25, 0.3) is 0 Å². The molecular weight excluding hydrogens is 326 g/mol. The van der Waals surface area contributed by atoms with E-state index in [1.807, 2.05) is 37.3 Å². The summed E-state index contributed by atoms with van der Waals surface area (Å²) in [5, 5.41) is 15.3. The first-order chi connectivity index (χ1) is 12.5. The van der Waals surface area contributed by atoms with Gasteiger partial charge in [-0.2, -0.15) is 10.2 Å². The highest BCUT2D eigenvalue weighted by Gasteiger charge is 2.05. The molecule has 0 saturated heterocycles. The second-order valence-electron chi connectivity index (χ2n) is 5.79. The molecule has 0 aliphatic rings. The molecule has 3 rings (SSSR count). The lowest BCUT2D eigenvalue weighted by atomic mass is 10.1. The lowest BCUT2D eigenvalue weighted by Crippen LogP contribution is -2.02. The van der Waals surface area contributed by atoms with E-state index in [9.17, 15) is 4.79 Å². The summed E-state index contributed by atoms with van der Waals surface area (Å²) in [6.07, 6.45) is 0. The van der Waals surface area contributed by atoms with Crippen LogP contribution in [0.3, 0.4) is 0 Å². The molecule has 0 aliphatic heterocycles. The van der Waals surface area contributed by atoms with Crippen molar-refractivity contribution in [1.29, 1.82) is 5.26 Å². The maximum atomic E-state index is 11.4. The fourth-order valence-electron chi connectivity index (χ4n) is 2.42. The van der Waals surface area contributed by atoms with Crippen molar-refractivity contribution in [2.75, 3.05) is 10.6 Å². The minimum atomic E-state index is 0.0226. The Morgan fingerprint density at radius 1 is 1.00 bits per heavy atom. The molecule has 128 valence electrons. The van der Waals surface area contributed by atoms with E-state index >= 15 is 0 Å². The van der Waals surface area contributed by atoms with Gasteiger partial charge in [0.2, 0.25) is 5.95 Å². The largest absolute Gasteiger partial charge is 0.340 e. The van der Waals surface area contributed by atoms with Crippen molar-refractivity contribution in [3.8, 4) is 6.07 Å². The molecule has 2 aromatic carbocycles. The maximum Gasteiger partial charge on any atom is 0.229 e. The summed E-state index contributed by atoms with van der Waals surface area (Å²) in [7, 11) is 0. The standard InChI is InChI=1S/C20H17N5O/c1-13-10-19(23-18-5-3-4-15(11-18)12-21)25-20(22-13)24-17-8-6-16(7-9-17)14(2)26/h3-11H,1-2H3,(H2,22,23,24,25). The summed E-state index contributed by atoms with van der Waals surface area (Å²) in [4.78, 5) is 20.2. The topological polar surface area (TPSA) is 90.7 Å². The zero-order chi connectivity index (χ0) is 18.5. The van der Waals surface area contributed by atoms with Gasteiger partial charge in [0.05, 0.1) is 11.6 Å². The van der Waals surface area contributed by atoms with Crippen molar-refractivity contribution < 1.29 is 4.79 Å². The van der Waals surface area contributed by atoms with E-state index < -0.39 is 0 Å². The van der Waals surface area contributed by atoms with Crippen molar-refractivity contribution in [1.82, 2.24) is 9.97 Å². The molecule has 0 radical (unpaired) electrons. The molecule has 0 fully saturated rings. The highest BCUT2D eigenvalue weighted by atomic mass is 16.1. The van der Waals surface area contributed by atoms with Crippen LogP contribution < -0.4 is 10.6 Å². The van der Waals surface area contributed by atoms with Crippen LogP contribution in [0.1, 0.15) is 28.5 Å². The van der Waals surface area contributed by atoms with Gasteiger partial charge in [-0.1, -0.05) is 6.07 Å². The lowest BCUT2D eigenvalue weighted by molar-refractivity contribution is 0.101. The zero-order valence-electron chi connectivity index (χ0n) is 14.4. The molecule has 1 aromatic heterocycles. The average Bonchev–Trinajstić information content (AvgIpc) is 2.62. The molecule has 6 heteroatoms. The van der Waals surface area contributed by atoms with E-state index in [0.717, 1.165) is 17.1 Å². The summed E-state index contributed by atoms with van der Waals surface area (Å²) in [6, 6.07) is 18.2. The van der Waals surface area contributed by atoms with Gasteiger partial charge in [0, 0.05) is 28.7 Å². The van der Waals surface area contributed by atoms with Gasteiger partial charge < -0.3 is 10.6 Å². The lowest BCUT2D eigenvalue weighted by Gasteiger charge is -2.10. The molecule has 0 atom stereocenters. The van der Waals surface area contributed by atoms with Gasteiger partial charge in [-0.15, -0.1) is 0 Å². The van der Waals surface area contributed by atoms with Crippen LogP contribution in [0.15, 0.2) is 54.6 Å². The number of aromatic nitrogens is 2. The quantitative estimate of drug-likeness (QED) is 0.669. The van der Waals surface area contributed by atoms with Crippen LogP contribution in [0.25, 0.3) is 0 Å². The number of benzene rings is 2. The first kappa shape index (κ1) is 17.1. The number of nitrogens with one attached hydrogen (secondary N) is 2. The second kappa shape index (κ2) is 7.45. The number of nitriles is 1. The Kier molecular flexibility index (Phi) is 4.90. The van der Waals surface area contributed by atoms with Gasteiger partial charge in [-0.05, 0) is 56.3 Å². The van der Waals surface area contributed by atoms with Gasteiger partial charge in [-0.25, -0.2) is 4.98 Å². The fourth-order valence-corrected chi connectivity index (χ4v) is 2.42. The summed E-state index contributed by atoms with van der Waals surface area (Å²) in [6.45, 7) is 3.41. The molecule has 0 saturated carbocycles. The van der Waals surface area contributed by atoms with E-state index in [4.69, 9.17) is 5.26 Å². The predicted molar refractivity (Wildman–Crippen MR) is 101 cm³/mol. The molecule has 0 amide bonds. The fraction of sp³-hybridized carbons (Fsp3) is 0.100. The Morgan fingerprint density at radius 3 is 2.46 bits per heavy atom. The molecule has 1 heterocycles. The minimum absolute atomic E-state index is 0.0226. The number of anilines is 4. The Balaban J connectivity index is 1.81. The van der Waals surface area contributed by atoms with Gasteiger partial charge >= 0.3 is 0 Å². The Bertz CT molecular complexity index is 990. The molecule has 0 unspecified atom stereocenters. The maximum absolute atomic E-state index is 11.4. The monoisotopic (exact) mass is 343 g/mol. The van der Waals surface area contributed by atoms with Gasteiger partial charge in [-0.3, -0.25) is 4.79 Å². The summed E-state index contributed by atoms with van der Waals surface area (Å²) >= 11 is 0. The predicted octanol–water partition coefficient (Wildman–Crippen LogP) is 4.35. The third-order valence-corrected chi connectivity index (χ3v) is 3.67. The normalized spacial score (nSPS) is 10.0. The smallest absolute Gasteiger partial charge is 0.229 e. The number of nitrogens with zero attached hydrogens (tertiary/aromatic N) is 3. The Labute approximate surface area is 151 Å². The van der Waals surface area contributed by atoms with Crippen molar-refractivity contribution >= 4 is 28.9 Å². The van der Waals surface area contributed by atoms with Crippen LogP contribution in [0.5, 0.6) is 0 Å². The molecule has 3 aromatic rings. The third-order valence-electron chi connectivity index (χ3n) is 3.67. The first-order valence-electron chi connectivity index (χ1n) is 8.04. The van der Waals surface area contributed by atoms with Crippen molar-refractivity contribution in [2.45, 2.75) is 13.8 Å². The van der Waals surface area contributed by atoms with Crippen LogP contribution >= 0.6 is 0 Å². The van der Waals surface area contributed by atoms with E-state index in [0.29, 0.717) is 22.9 Å². The molecular formula is C20H17N5O. The SMILES string of the molecule is CC(=O)c1ccc(Nc2nc(C)cc(Nc3cccc(C#N)c3)n2)cc1. The number of ketones is 1. The number of rotatable bonds is 5. The molecule has 0 spiro atoms. The van der Waals surface area contributed by atoms with E-state index in [-0.39, 0.29) is 5.78 Å². The number of aryl methyl sites for hydroxylation is 1. The van der Waals surface area contributed by atoms with E-state index in [2.05, 4.69) is 26.7 Å². The molecule has 0 aliphatic carbocycles.